The first-order valence-electron chi connectivity index (χ1n) is 10.7. The average Bonchev–Trinajstić information content (AvgIpc) is 3.36. The number of nitrogens with one attached hydrogen (secondary N) is 1. The number of fused-ring (bicyclic) bond motifs is 1. The number of rotatable bonds is 4. The van der Waals surface area contributed by atoms with Gasteiger partial charge in [0.05, 0.1) is 0 Å². The van der Waals surface area contributed by atoms with E-state index in [-0.39, 0.29) is 0 Å². The predicted octanol–water partition coefficient (Wildman–Crippen LogP) is 5.15. The Morgan fingerprint density at radius 2 is 2.00 bits per heavy atom. The molecule has 0 bridgehead atoms. The highest BCUT2D eigenvalue weighted by molar-refractivity contribution is 5.93. The molecule has 2 aromatic carbocycles. The van der Waals surface area contributed by atoms with Crippen LogP contribution in [-0.2, 0) is 6.54 Å². The van der Waals surface area contributed by atoms with Crippen LogP contribution in [0.25, 0.3) is 10.8 Å². The third kappa shape index (κ3) is 2.42. The summed E-state index contributed by atoms with van der Waals surface area (Å²) in [6.45, 7) is 3.29. The maximum absolute atomic E-state index is 4.27. The summed E-state index contributed by atoms with van der Waals surface area (Å²) in [7, 11) is 0. The normalized spacial score (nSPS) is 32.9. The third-order valence-corrected chi connectivity index (χ3v) is 7.61. The van der Waals surface area contributed by atoms with E-state index >= 15 is 0 Å². The number of likely N-dealkylation sites (tertiary alicyclic amines) is 1. The Kier molecular flexibility index (Phi) is 3.58. The van der Waals surface area contributed by atoms with E-state index in [0.29, 0.717) is 11.6 Å². The molecule has 1 aliphatic heterocycles. The molecule has 3 heteroatoms. The molecule has 1 saturated heterocycles. The zero-order valence-corrected chi connectivity index (χ0v) is 16.4. The Morgan fingerprint density at radius 1 is 1.11 bits per heavy atom. The summed E-state index contributed by atoms with van der Waals surface area (Å²) in [5.74, 6) is 0.867. The second kappa shape index (κ2) is 6.05. The van der Waals surface area contributed by atoms with Crippen LogP contribution in [-0.4, -0.2) is 27.5 Å². The lowest BCUT2D eigenvalue weighted by molar-refractivity contribution is 0.130. The van der Waals surface area contributed by atoms with Crippen LogP contribution in [0.4, 0.5) is 5.69 Å². The highest BCUT2D eigenvalue weighted by atomic mass is 15.4. The van der Waals surface area contributed by atoms with Crippen molar-refractivity contribution in [3.63, 3.8) is 0 Å². The first-order valence-corrected chi connectivity index (χ1v) is 10.7. The van der Waals surface area contributed by atoms with Crippen LogP contribution in [0.2, 0.25) is 0 Å². The molecule has 2 saturated carbocycles. The number of pyridine rings is 1. The Labute approximate surface area is 166 Å². The second-order valence-corrected chi connectivity index (χ2v) is 9.07. The number of aromatic nitrogens is 1. The molecule has 3 nitrogen and oxygen atoms in total. The van der Waals surface area contributed by atoms with Gasteiger partial charge in [-0.3, -0.25) is 9.88 Å². The molecular formula is C25H27N3. The van der Waals surface area contributed by atoms with Gasteiger partial charge in [-0.05, 0) is 56.2 Å². The lowest BCUT2D eigenvalue weighted by atomic mass is 9.63. The third-order valence-electron chi connectivity index (χ3n) is 7.61. The summed E-state index contributed by atoms with van der Waals surface area (Å²) in [4.78, 5) is 7.08. The molecule has 28 heavy (non-hydrogen) atoms. The van der Waals surface area contributed by atoms with Crippen LogP contribution in [0.1, 0.15) is 36.8 Å². The van der Waals surface area contributed by atoms with E-state index < -0.39 is 0 Å². The Balaban J connectivity index is 1.21. The largest absolute Gasteiger partial charge is 0.382 e. The van der Waals surface area contributed by atoms with Gasteiger partial charge in [0, 0.05) is 53.0 Å². The molecule has 6 rings (SSSR count). The van der Waals surface area contributed by atoms with Crippen molar-refractivity contribution in [3.8, 4) is 0 Å². The first-order chi connectivity index (χ1) is 13.7. The van der Waals surface area contributed by atoms with E-state index in [9.17, 15) is 0 Å². The molecule has 5 unspecified atom stereocenters. The minimum atomic E-state index is 0.533. The van der Waals surface area contributed by atoms with Gasteiger partial charge < -0.3 is 5.32 Å². The van der Waals surface area contributed by atoms with Crippen LogP contribution >= 0.6 is 0 Å². The lowest BCUT2D eigenvalue weighted by Crippen LogP contribution is -2.47. The van der Waals surface area contributed by atoms with Crippen molar-refractivity contribution in [3.05, 3.63) is 72.1 Å². The van der Waals surface area contributed by atoms with Crippen molar-refractivity contribution in [2.45, 2.75) is 56.8 Å². The van der Waals surface area contributed by atoms with E-state index in [1.807, 2.05) is 12.4 Å². The standard InChI is InChI=1S/C25H27N3/c1-17-5-7-18(8-6-17)16-28-24-14-21(13-20-9-11-25(20,24)28)27-23-4-2-3-19-15-26-12-10-22(19)23/h2-8,10,12,15,20-21,24,27H,9,11,13-14,16H2,1H3. The fourth-order valence-corrected chi connectivity index (χ4v) is 6.03. The summed E-state index contributed by atoms with van der Waals surface area (Å²) >= 11 is 0. The van der Waals surface area contributed by atoms with E-state index in [4.69, 9.17) is 0 Å². The number of benzene rings is 2. The first kappa shape index (κ1) is 16.6. The van der Waals surface area contributed by atoms with Crippen LogP contribution in [0.5, 0.6) is 0 Å². The SMILES string of the molecule is Cc1ccc(CN2C3CC(Nc4cccc5cnccc45)CC4CCC432)cc1. The monoisotopic (exact) mass is 369 g/mol. The molecule has 0 amide bonds. The molecule has 3 aromatic rings. The van der Waals surface area contributed by atoms with Crippen molar-refractivity contribution < 1.29 is 0 Å². The lowest BCUT2D eigenvalue weighted by Gasteiger charge is -2.44. The zero-order valence-electron chi connectivity index (χ0n) is 16.4. The molecule has 1 aromatic heterocycles. The molecule has 5 atom stereocenters. The fraction of sp³-hybridized carbons (Fsp3) is 0.400. The summed E-state index contributed by atoms with van der Waals surface area (Å²) in [5.41, 5.74) is 4.61. The number of nitrogens with zero attached hydrogens (tertiary/aromatic N) is 2. The quantitative estimate of drug-likeness (QED) is 0.645. The van der Waals surface area contributed by atoms with E-state index in [0.717, 1.165) is 18.5 Å². The molecule has 3 fully saturated rings. The fourth-order valence-electron chi connectivity index (χ4n) is 6.03. The highest BCUT2D eigenvalue weighted by Gasteiger charge is 2.72. The second-order valence-electron chi connectivity index (χ2n) is 9.07. The molecule has 1 N–H and O–H groups in total. The van der Waals surface area contributed by atoms with Gasteiger partial charge in [0.2, 0.25) is 0 Å². The number of anilines is 1. The van der Waals surface area contributed by atoms with Gasteiger partial charge in [-0.1, -0.05) is 42.0 Å². The van der Waals surface area contributed by atoms with Gasteiger partial charge in [-0.15, -0.1) is 0 Å². The van der Waals surface area contributed by atoms with Crippen molar-refractivity contribution in [1.82, 2.24) is 9.88 Å². The van der Waals surface area contributed by atoms with E-state index in [1.54, 1.807) is 0 Å². The molecule has 2 aliphatic carbocycles. The molecule has 0 radical (unpaired) electrons. The van der Waals surface area contributed by atoms with E-state index in [2.05, 4.69) is 70.7 Å². The molecular weight excluding hydrogens is 342 g/mol. The van der Waals surface area contributed by atoms with Crippen LogP contribution in [0.15, 0.2) is 60.9 Å². The number of aryl methyl sites for hydroxylation is 1. The highest BCUT2D eigenvalue weighted by Crippen LogP contribution is 2.65. The van der Waals surface area contributed by atoms with Gasteiger partial charge >= 0.3 is 0 Å². The number of hydrogen-bond acceptors (Lipinski definition) is 3. The van der Waals surface area contributed by atoms with Gasteiger partial charge in [0.1, 0.15) is 0 Å². The Bertz CT molecular complexity index is 1020. The molecule has 3 aliphatic rings. The topological polar surface area (TPSA) is 27.9 Å². The minimum absolute atomic E-state index is 0.533. The molecule has 142 valence electrons. The van der Waals surface area contributed by atoms with Crippen LogP contribution < -0.4 is 5.32 Å². The average molecular weight is 370 g/mol. The smallest absolute Gasteiger partial charge is 0.0423 e. The summed E-state index contributed by atoms with van der Waals surface area (Å²) in [6.07, 6.45) is 9.24. The Morgan fingerprint density at radius 3 is 2.82 bits per heavy atom. The van der Waals surface area contributed by atoms with Crippen molar-refractivity contribution in [2.75, 3.05) is 5.32 Å². The van der Waals surface area contributed by atoms with Crippen molar-refractivity contribution in [2.24, 2.45) is 5.92 Å². The minimum Gasteiger partial charge on any atom is -0.382 e. The maximum atomic E-state index is 4.27. The summed E-state index contributed by atoms with van der Waals surface area (Å²) in [6, 6.07) is 19.1. The Hall–Kier alpha value is -2.39. The van der Waals surface area contributed by atoms with Gasteiger partial charge in [-0.2, -0.15) is 0 Å². The predicted molar refractivity (Wildman–Crippen MR) is 114 cm³/mol. The van der Waals surface area contributed by atoms with Gasteiger partial charge in [0.25, 0.3) is 0 Å². The van der Waals surface area contributed by atoms with Crippen LogP contribution in [0, 0.1) is 12.8 Å². The van der Waals surface area contributed by atoms with Gasteiger partial charge in [0.15, 0.2) is 0 Å². The van der Waals surface area contributed by atoms with E-state index in [1.165, 1.54) is 53.3 Å². The molecule has 2 heterocycles. The zero-order chi connectivity index (χ0) is 18.7. The number of hydrogen-bond donors (Lipinski definition) is 1. The summed E-state index contributed by atoms with van der Waals surface area (Å²) in [5, 5.41) is 6.40. The van der Waals surface area contributed by atoms with Crippen LogP contribution in [0.3, 0.4) is 0 Å². The van der Waals surface area contributed by atoms with Crippen molar-refractivity contribution in [1.29, 1.82) is 0 Å². The maximum Gasteiger partial charge on any atom is 0.0423 e. The van der Waals surface area contributed by atoms with Gasteiger partial charge in [-0.25, -0.2) is 0 Å². The van der Waals surface area contributed by atoms with Crippen molar-refractivity contribution >= 4 is 16.5 Å². The molecule has 1 spiro atoms. The summed E-state index contributed by atoms with van der Waals surface area (Å²) < 4.78 is 0.